The third-order valence-corrected chi connectivity index (χ3v) is 2.60. The predicted octanol–water partition coefficient (Wildman–Crippen LogP) is 2.39. The van der Waals surface area contributed by atoms with E-state index >= 15 is 0 Å². The topological polar surface area (TPSA) is 6.48 Å². The van der Waals surface area contributed by atoms with Crippen LogP contribution in [0.5, 0.6) is 0 Å². The van der Waals surface area contributed by atoms with Crippen LogP contribution in [0.1, 0.15) is 5.56 Å². The molecular formula is C10H12N2S. The van der Waals surface area contributed by atoms with Crippen LogP contribution in [0.4, 0.5) is 0 Å². The molecule has 0 radical (unpaired) electrons. The maximum Gasteiger partial charge on any atom is 0.0933 e. The van der Waals surface area contributed by atoms with Crippen molar-refractivity contribution in [3.63, 3.8) is 0 Å². The normalized spacial score (nSPS) is 16.4. The van der Waals surface area contributed by atoms with Gasteiger partial charge >= 0.3 is 0 Å². The van der Waals surface area contributed by atoms with Crippen molar-refractivity contribution in [3.05, 3.63) is 41.0 Å². The summed E-state index contributed by atoms with van der Waals surface area (Å²) in [5.41, 5.74) is 1.27. The fourth-order valence-electron chi connectivity index (χ4n) is 1.20. The van der Waals surface area contributed by atoms with Gasteiger partial charge < -0.3 is 9.80 Å². The number of rotatable bonds is 2. The first-order chi connectivity index (χ1) is 6.34. The molecule has 68 valence electrons. The predicted molar refractivity (Wildman–Crippen MR) is 57.0 cm³/mol. The summed E-state index contributed by atoms with van der Waals surface area (Å²) in [5.74, 6) is 0. The molecule has 3 heteroatoms. The van der Waals surface area contributed by atoms with Gasteiger partial charge in [-0.05, 0) is 28.5 Å². The van der Waals surface area contributed by atoms with Gasteiger partial charge in [0.2, 0.25) is 0 Å². The van der Waals surface area contributed by atoms with Crippen molar-refractivity contribution in [2.45, 2.75) is 0 Å². The first-order valence-corrected chi connectivity index (χ1v) is 5.13. The van der Waals surface area contributed by atoms with Crippen LogP contribution in [0.2, 0.25) is 0 Å². The van der Waals surface area contributed by atoms with Crippen LogP contribution in [0.25, 0.3) is 6.08 Å². The Bertz CT molecular complexity index is 314. The van der Waals surface area contributed by atoms with Crippen molar-refractivity contribution in [2.24, 2.45) is 0 Å². The summed E-state index contributed by atoms with van der Waals surface area (Å²) in [4.78, 5) is 4.29. The summed E-state index contributed by atoms with van der Waals surface area (Å²) < 4.78 is 0. The SMILES string of the molecule is CN1C=CN(C=Cc2ccsc2)C1. The molecule has 0 N–H and O–H groups in total. The molecule has 0 aliphatic carbocycles. The minimum Gasteiger partial charge on any atom is -0.361 e. The molecule has 13 heavy (non-hydrogen) atoms. The lowest BCUT2D eigenvalue weighted by Gasteiger charge is -2.12. The molecule has 0 bridgehead atoms. The van der Waals surface area contributed by atoms with Gasteiger partial charge in [-0.25, -0.2) is 0 Å². The van der Waals surface area contributed by atoms with Crippen LogP contribution >= 0.6 is 11.3 Å². The molecule has 0 saturated heterocycles. The quantitative estimate of drug-likeness (QED) is 0.710. The fourth-order valence-corrected chi connectivity index (χ4v) is 1.83. The van der Waals surface area contributed by atoms with Gasteiger partial charge in [0.1, 0.15) is 0 Å². The maximum atomic E-state index is 2.15. The van der Waals surface area contributed by atoms with Crippen molar-refractivity contribution in [1.82, 2.24) is 9.80 Å². The van der Waals surface area contributed by atoms with Crippen LogP contribution in [0.15, 0.2) is 35.4 Å². The first kappa shape index (κ1) is 8.38. The van der Waals surface area contributed by atoms with Crippen LogP contribution in [-0.4, -0.2) is 23.5 Å². The van der Waals surface area contributed by atoms with Gasteiger partial charge in [-0.15, -0.1) is 0 Å². The van der Waals surface area contributed by atoms with E-state index in [2.05, 4.69) is 58.3 Å². The maximum absolute atomic E-state index is 2.15. The minimum atomic E-state index is 0.945. The lowest BCUT2D eigenvalue weighted by Crippen LogP contribution is -2.17. The van der Waals surface area contributed by atoms with Gasteiger partial charge in [0.05, 0.1) is 6.67 Å². The Balaban J connectivity index is 1.95. The average molecular weight is 192 g/mol. The van der Waals surface area contributed by atoms with E-state index in [0.717, 1.165) is 6.67 Å². The Labute approximate surface area is 82.4 Å². The summed E-state index contributed by atoms with van der Waals surface area (Å²) in [5, 5.41) is 4.23. The van der Waals surface area contributed by atoms with Gasteiger partial charge in [-0.2, -0.15) is 11.3 Å². The average Bonchev–Trinajstić information content (AvgIpc) is 2.71. The molecule has 0 saturated carbocycles. The largest absolute Gasteiger partial charge is 0.361 e. The summed E-state index contributed by atoms with van der Waals surface area (Å²) in [6.45, 7) is 0.945. The smallest absolute Gasteiger partial charge is 0.0933 e. The van der Waals surface area contributed by atoms with Gasteiger partial charge in [0.25, 0.3) is 0 Å². The fraction of sp³-hybridized carbons (Fsp3) is 0.200. The molecule has 0 atom stereocenters. The third-order valence-electron chi connectivity index (χ3n) is 1.90. The number of hydrogen-bond donors (Lipinski definition) is 0. The van der Waals surface area contributed by atoms with E-state index in [0.29, 0.717) is 0 Å². The van der Waals surface area contributed by atoms with Gasteiger partial charge in [-0.1, -0.05) is 0 Å². The lowest BCUT2D eigenvalue weighted by atomic mass is 10.3. The molecule has 0 spiro atoms. The highest BCUT2D eigenvalue weighted by Crippen LogP contribution is 2.10. The zero-order chi connectivity index (χ0) is 9.10. The Morgan fingerprint density at radius 1 is 1.46 bits per heavy atom. The molecule has 1 aromatic heterocycles. The van der Waals surface area contributed by atoms with E-state index in [4.69, 9.17) is 0 Å². The molecule has 0 fully saturated rings. The lowest BCUT2D eigenvalue weighted by molar-refractivity contribution is 0.365. The minimum absolute atomic E-state index is 0.945. The van der Waals surface area contributed by atoms with Gasteiger partial charge in [-0.3, -0.25) is 0 Å². The molecule has 0 aromatic carbocycles. The van der Waals surface area contributed by atoms with E-state index in [-0.39, 0.29) is 0 Å². The summed E-state index contributed by atoms with van der Waals surface area (Å²) >= 11 is 1.72. The molecule has 0 unspecified atom stereocenters. The molecule has 1 aliphatic rings. The molecular weight excluding hydrogens is 180 g/mol. The monoisotopic (exact) mass is 192 g/mol. The number of thiophene rings is 1. The van der Waals surface area contributed by atoms with E-state index in [1.807, 2.05) is 0 Å². The first-order valence-electron chi connectivity index (χ1n) is 4.19. The van der Waals surface area contributed by atoms with Crippen molar-refractivity contribution in [1.29, 1.82) is 0 Å². The van der Waals surface area contributed by atoms with Crippen molar-refractivity contribution in [2.75, 3.05) is 13.7 Å². The second-order valence-corrected chi connectivity index (χ2v) is 3.86. The molecule has 2 heterocycles. The standard InChI is InChI=1S/C10H12N2S/c1-11-5-6-12(9-11)4-2-10-3-7-13-8-10/h2-8H,9H2,1H3. The Hall–Kier alpha value is -1.22. The van der Waals surface area contributed by atoms with Crippen LogP contribution in [0.3, 0.4) is 0 Å². The Morgan fingerprint density at radius 2 is 2.38 bits per heavy atom. The highest BCUT2D eigenvalue weighted by atomic mass is 32.1. The van der Waals surface area contributed by atoms with Crippen LogP contribution in [-0.2, 0) is 0 Å². The van der Waals surface area contributed by atoms with E-state index in [1.165, 1.54) is 5.56 Å². The zero-order valence-corrected chi connectivity index (χ0v) is 8.37. The Kier molecular flexibility index (Phi) is 2.36. The number of nitrogens with zero attached hydrogens (tertiary/aromatic N) is 2. The van der Waals surface area contributed by atoms with E-state index < -0.39 is 0 Å². The summed E-state index contributed by atoms with van der Waals surface area (Å²) in [7, 11) is 2.06. The molecule has 0 amide bonds. The van der Waals surface area contributed by atoms with Crippen molar-refractivity contribution < 1.29 is 0 Å². The van der Waals surface area contributed by atoms with Crippen LogP contribution < -0.4 is 0 Å². The molecule has 1 aromatic rings. The highest BCUT2D eigenvalue weighted by molar-refractivity contribution is 7.08. The summed E-state index contributed by atoms with van der Waals surface area (Å²) in [6.07, 6.45) is 8.36. The zero-order valence-electron chi connectivity index (χ0n) is 7.55. The van der Waals surface area contributed by atoms with Gasteiger partial charge in [0, 0.05) is 25.6 Å². The Morgan fingerprint density at radius 3 is 3.00 bits per heavy atom. The molecule has 1 aliphatic heterocycles. The number of hydrogen-bond acceptors (Lipinski definition) is 3. The highest BCUT2D eigenvalue weighted by Gasteiger charge is 2.03. The van der Waals surface area contributed by atoms with E-state index in [1.54, 1.807) is 11.3 Å². The second kappa shape index (κ2) is 3.66. The van der Waals surface area contributed by atoms with Gasteiger partial charge in [0.15, 0.2) is 0 Å². The molecule has 2 rings (SSSR count). The van der Waals surface area contributed by atoms with Crippen molar-refractivity contribution in [3.8, 4) is 0 Å². The third kappa shape index (κ3) is 2.12. The second-order valence-electron chi connectivity index (χ2n) is 3.08. The van der Waals surface area contributed by atoms with Crippen LogP contribution in [0, 0.1) is 0 Å². The van der Waals surface area contributed by atoms with E-state index in [9.17, 15) is 0 Å². The summed E-state index contributed by atoms with van der Waals surface area (Å²) in [6, 6.07) is 2.12. The van der Waals surface area contributed by atoms with Crippen molar-refractivity contribution >= 4 is 17.4 Å². The molecule has 2 nitrogen and oxygen atoms in total.